The number of alkyl halides is 1. The molecule has 1 atom stereocenters. The first-order chi connectivity index (χ1) is 7.09. The van der Waals surface area contributed by atoms with E-state index in [1.54, 1.807) is 0 Å². The van der Waals surface area contributed by atoms with Gasteiger partial charge in [-0.05, 0) is 36.0 Å². The molecule has 0 bridgehead atoms. The third-order valence-corrected chi connectivity index (χ3v) is 3.58. The van der Waals surface area contributed by atoms with Crippen LogP contribution in [-0.4, -0.2) is 5.88 Å². The van der Waals surface area contributed by atoms with Crippen molar-refractivity contribution in [2.24, 2.45) is 5.41 Å². The normalized spacial score (nSPS) is 14.9. The van der Waals surface area contributed by atoms with Crippen LogP contribution in [0.15, 0.2) is 24.3 Å². The minimum atomic E-state index is 0.195. The molecule has 0 aliphatic rings. The third kappa shape index (κ3) is 4.04. The fourth-order valence-corrected chi connectivity index (χ4v) is 2.39. The van der Waals surface area contributed by atoms with E-state index in [0.717, 1.165) is 17.9 Å². The summed E-state index contributed by atoms with van der Waals surface area (Å²) in [6.45, 7) is 4.44. The minimum Gasteiger partial charge on any atom is -0.126 e. The molecule has 84 valence electrons. The molecule has 0 fully saturated rings. The van der Waals surface area contributed by atoms with Gasteiger partial charge >= 0.3 is 0 Å². The second-order valence-corrected chi connectivity index (χ2v) is 5.20. The molecule has 0 aliphatic carbocycles. The summed E-state index contributed by atoms with van der Waals surface area (Å²) in [7, 11) is 0. The SMILES string of the molecule is CCCC(C)(CCl)Cc1cccc(Cl)c1. The zero-order valence-corrected chi connectivity index (χ0v) is 10.9. The van der Waals surface area contributed by atoms with Crippen molar-refractivity contribution in [1.29, 1.82) is 0 Å². The molecule has 1 aromatic carbocycles. The highest BCUT2D eigenvalue weighted by atomic mass is 35.5. The summed E-state index contributed by atoms with van der Waals surface area (Å²) in [5.41, 5.74) is 1.47. The fraction of sp³-hybridized carbons (Fsp3) is 0.538. The molecule has 0 saturated heterocycles. The van der Waals surface area contributed by atoms with Crippen molar-refractivity contribution < 1.29 is 0 Å². The Morgan fingerprint density at radius 3 is 2.60 bits per heavy atom. The number of rotatable bonds is 5. The first-order valence-electron chi connectivity index (χ1n) is 5.40. The third-order valence-electron chi connectivity index (χ3n) is 2.70. The van der Waals surface area contributed by atoms with Gasteiger partial charge in [-0.15, -0.1) is 11.6 Å². The van der Waals surface area contributed by atoms with Crippen LogP contribution < -0.4 is 0 Å². The Morgan fingerprint density at radius 2 is 2.07 bits per heavy atom. The maximum Gasteiger partial charge on any atom is 0.0408 e. The molecular weight excluding hydrogens is 227 g/mol. The Kier molecular flexibility index (Phi) is 4.95. The molecule has 0 N–H and O–H groups in total. The van der Waals surface area contributed by atoms with E-state index in [1.807, 2.05) is 18.2 Å². The predicted molar refractivity (Wildman–Crippen MR) is 68.9 cm³/mol. The lowest BCUT2D eigenvalue weighted by molar-refractivity contribution is 0.335. The number of hydrogen-bond donors (Lipinski definition) is 0. The van der Waals surface area contributed by atoms with Crippen molar-refractivity contribution in [3.63, 3.8) is 0 Å². The molecule has 0 aromatic heterocycles. The van der Waals surface area contributed by atoms with Gasteiger partial charge in [0.15, 0.2) is 0 Å². The summed E-state index contributed by atoms with van der Waals surface area (Å²) < 4.78 is 0. The largest absolute Gasteiger partial charge is 0.126 e. The maximum absolute atomic E-state index is 6.04. The topological polar surface area (TPSA) is 0 Å². The lowest BCUT2D eigenvalue weighted by Crippen LogP contribution is -2.21. The molecule has 0 nitrogen and oxygen atoms in total. The van der Waals surface area contributed by atoms with E-state index in [-0.39, 0.29) is 5.41 Å². The summed E-state index contributed by atoms with van der Waals surface area (Å²) in [5.74, 6) is 0.702. The van der Waals surface area contributed by atoms with E-state index in [2.05, 4.69) is 19.9 Å². The van der Waals surface area contributed by atoms with Gasteiger partial charge in [0, 0.05) is 10.9 Å². The highest BCUT2D eigenvalue weighted by Gasteiger charge is 2.22. The smallest absolute Gasteiger partial charge is 0.0408 e. The molecule has 0 heterocycles. The van der Waals surface area contributed by atoms with Crippen LogP contribution in [0.4, 0.5) is 0 Å². The Bertz CT molecular complexity index is 309. The lowest BCUT2D eigenvalue weighted by atomic mass is 9.81. The average Bonchev–Trinajstić information content (AvgIpc) is 2.18. The molecule has 1 rings (SSSR count). The number of hydrogen-bond acceptors (Lipinski definition) is 0. The van der Waals surface area contributed by atoms with E-state index in [9.17, 15) is 0 Å². The van der Waals surface area contributed by atoms with Crippen LogP contribution in [0.3, 0.4) is 0 Å². The minimum absolute atomic E-state index is 0.195. The second-order valence-electron chi connectivity index (χ2n) is 4.50. The van der Waals surface area contributed by atoms with Gasteiger partial charge < -0.3 is 0 Å². The van der Waals surface area contributed by atoms with E-state index in [4.69, 9.17) is 23.2 Å². The van der Waals surface area contributed by atoms with Crippen LogP contribution >= 0.6 is 23.2 Å². The molecule has 0 spiro atoms. The molecule has 1 unspecified atom stereocenters. The van der Waals surface area contributed by atoms with E-state index in [0.29, 0.717) is 5.88 Å². The van der Waals surface area contributed by atoms with E-state index >= 15 is 0 Å². The first kappa shape index (κ1) is 12.9. The maximum atomic E-state index is 6.04. The Morgan fingerprint density at radius 1 is 1.33 bits per heavy atom. The molecular formula is C13H18Cl2. The van der Waals surface area contributed by atoms with Crippen LogP contribution in [0.2, 0.25) is 5.02 Å². The average molecular weight is 245 g/mol. The first-order valence-corrected chi connectivity index (χ1v) is 6.31. The van der Waals surface area contributed by atoms with Crippen molar-refractivity contribution in [2.75, 3.05) is 5.88 Å². The molecule has 1 aromatic rings. The Hall–Kier alpha value is -0.200. The predicted octanol–water partition coefficient (Wildman–Crippen LogP) is 4.93. The standard InChI is InChI=1S/C13H18Cl2/c1-3-7-13(2,10-14)9-11-5-4-6-12(15)8-11/h4-6,8H,3,7,9-10H2,1-2H3. The zero-order chi connectivity index (χ0) is 11.3. The summed E-state index contributed by atoms with van der Waals surface area (Å²) in [5, 5.41) is 0.806. The quantitative estimate of drug-likeness (QED) is 0.645. The van der Waals surface area contributed by atoms with Crippen LogP contribution in [-0.2, 0) is 6.42 Å². The van der Waals surface area contributed by atoms with Gasteiger partial charge in [0.05, 0.1) is 0 Å². The highest BCUT2D eigenvalue weighted by molar-refractivity contribution is 6.30. The van der Waals surface area contributed by atoms with Gasteiger partial charge in [-0.3, -0.25) is 0 Å². The van der Waals surface area contributed by atoms with Gasteiger partial charge in [0.2, 0.25) is 0 Å². The summed E-state index contributed by atoms with van der Waals surface area (Å²) in [6.07, 6.45) is 3.33. The molecule has 15 heavy (non-hydrogen) atoms. The van der Waals surface area contributed by atoms with E-state index in [1.165, 1.54) is 12.0 Å². The summed E-state index contributed by atoms with van der Waals surface area (Å²) >= 11 is 12.0. The molecule has 2 heteroatoms. The number of halogens is 2. The van der Waals surface area contributed by atoms with Gasteiger partial charge in [0.25, 0.3) is 0 Å². The van der Waals surface area contributed by atoms with Crippen LogP contribution in [0.5, 0.6) is 0 Å². The number of benzene rings is 1. The molecule has 0 amide bonds. The van der Waals surface area contributed by atoms with Gasteiger partial charge in [0.1, 0.15) is 0 Å². The van der Waals surface area contributed by atoms with Crippen LogP contribution in [0.25, 0.3) is 0 Å². The lowest BCUT2D eigenvalue weighted by Gasteiger charge is -2.26. The van der Waals surface area contributed by atoms with Gasteiger partial charge in [-0.25, -0.2) is 0 Å². The van der Waals surface area contributed by atoms with Crippen molar-refractivity contribution in [1.82, 2.24) is 0 Å². The van der Waals surface area contributed by atoms with Gasteiger partial charge in [-0.1, -0.05) is 44.0 Å². The molecule has 0 aliphatic heterocycles. The van der Waals surface area contributed by atoms with Crippen molar-refractivity contribution in [2.45, 2.75) is 33.1 Å². The fourth-order valence-electron chi connectivity index (χ4n) is 1.95. The van der Waals surface area contributed by atoms with E-state index < -0.39 is 0 Å². The Balaban J connectivity index is 2.74. The highest BCUT2D eigenvalue weighted by Crippen LogP contribution is 2.30. The van der Waals surface area contributed by atoms with Crippen molar-refractivity contribution >= 4 is 23.2 Å². The zero-order valence-electron chi connectivity index (χ0n) is 9.39. The van der Waals surface area contributed by atoms with Crippen LogP contribution in [0.1, 0.15) is 32.3 Å². The van der Waals surface area contributed by atoms with Crippen molar-refractivity contribution in [3.8, 4) is 0 Å². The molecule has 0 saturated carbocycles. The van der Waals surface area contributed by atoms with Crippen molar-refractivity contribution in [3.05, 3.63) is 34.9 Å². The summed E-state index contributed by atoms with van der Waals surface area (Å²) in [6, 6.07) is 8.05. The van der Waals surface area contributed by atoms with Gasteiger partial charge in [-0.2, -0.15) is 0 Å². The second kappa shape index (κ2) is 5.77. The monoisotopic (exact) mass is 244 g/mol. The summed E-state index contributed by atoms with van der Waals surface area (Å²) in [4.78, 5) is 0. The molecule has 0 radical (unpaired) electrons. The van der Waals surface area contributed by atoms with Crippen LogP contribution in [0, 0.1) is 5.41 Å². The Labute approximate surface area is 103 Å².